The topological polar surface area (TPSA) is 35.8 Å². The van der Waals surface area contributed by atoms with Gasteiger partial charge in [-0.05, 0) is 25.5 Å². The van der Waals surface area contributed by atoms with Crippen LogP contribution in [0.25, 0.3) is 0 Å². The molecule has 1 atom stereocenters. The van der Waals surface area contributed by atoms with E-state index in [-0.39, 0.29) is 6.04 Å². The van der Waals surface area contributed by atoms with Gasteiger partial charge in [0.1, 0.15) is 0 Å². The van der Waals surface area contributed by atoms with Crippen LogP contribution in [-0.4, -0.2) is 12.6 Å². The monoisotopic (exact) mass is 214 g/mol. The quantitative estimate of drug-likeness (QED) is 0.836. The Labute approximate surface area is 87.1 Å². The smallest absolute Gasteiger partial charge is 0.0931 e. The standard InChI is InChI=1S/C9H11ClN2S/c1-7(6-11)12-5-4-8-2-3-9(10)13-8/h2-3,7,12H,4-5H2,1H3. The van der Waals surface area contributed by atoms with Gasteiger partial charge in [-0.15, -0.1) is 11.3 Å². The van der Waals surface area contributed by atoms with Crippen LogP contribution in [0.1, 0.15) is 11.8 Å². The maximum Gasteiger partial charge on any atom is 0.0931 e. The van der Waals surface area contributed by atoms with Crippen LogP contribution in [0.2, 0.25) is 4.34 Å². The molecule has 0 aliphatic rings. The highest BCUT2D eigenvalue weighted by Crippen LogP contribution is 2.21. The van der Waals surface area contributed by atoms with Gasteiger partial charge in [-0.25, -0.2) is 0 Å². The fraction of sp³-hybridized carbons (Fsp3) is 0.444. The Morgan fingerprint density at radius 1 is 1.69 bits per heavy atom. The van der Waals surface area contributed by atoms with Gasteiger partial charge in [0.15, 0.2) is 0 Å². The normalized spacial score (nSPS) is 12.4. The van der Waals surface area contributed by atoms with E-state index in [1.165, 1.54) is 4.88 Å². The van der Waals surface area contributed by atoms with E-state index >= 15 is 0 Å². The van der Waals surface area contributed by atoms with Crippen molar-refractivity contribution >= 4 is 22.9 Å². The van der Waals surface area contributed by atoms with Crippen LogP contribution < -0.4 is 5.32 Å². The van der Waals surface area contributed by atoms with Gasteiger partial charge in [0.05, 0.1) is 16.4 Å². The lowest BCUT2D eigenvalue weighted by Gasteiger charge is -2.03. The predicted molar refractivity (Wildman–Crippen MR) is 56.1 cm³/mol. The SMILES string of the molecule is CC(C#N)NCCc1ccc(Cl)s1. The molecule has 1 aromatic heterocycles. The molecule has 0 bridgehead atoms. The molecule has 0 aliphatic carbocycles. The van der Waals surface area contributed by atoms with Crippen LogP contribution in [0.5, 0.6) is 0 Å². The lowest BCUT2D eigenvalue weighted by molar-refractivity contribution is 0.643. The first-order valence-corrected chi connectivity index (χ1v) is 5.29. The number of nitrogens with one attached hydrogen (secondary N) is 1. The van der Waals surface area contributed by atoms with Crippen molar-refractivity contribution < 1.29 is 0 Å². The van der Waals surface area contributed by atoms with Crippen molar-refractivity contribution in [2.75, 3.05) is 6.54 Å². The molecule has 0 aromatic carbocycles. The highest BCUT2D eigenvalue weighted by molar-refractivity contribution is 7.16. The Hall–Kier alpha value is -0.560. The van der Waals surface area contributed by atoms with E-state index in [0.29, 0.717) is 0 Å². The van der Waals surface area contributed by atoms with Crippen LogP contribution >= 0.6 is 22.9 Å². The second-order valence-electron chi connectivity index (χ2n) is 2.76. The fourth-order valence-electron chi connectivity index (χ4n) is 0.944. The number of nitrogens with zero attached hydrogens (tertiary/aromatic N) is 1. The molecule has 0 fully saturated rings. The average Bonchev–Trinajstić information content (AvgIpc) is 2.51. The van der Waals surface area contributed by atoms with Crippen LogP contribution in [0.15, 0.2) is 12.1 Å². The van der Waals surface area contributed by atoms with Gasteiger partial charge in [-0.3, -0.25) is 0 Å². The molecule has 0 saturated carbocycles. The molecule has 0 aliphatic heterocycles. The number of halogens is 1. The summed E-state index contributed by atoms with van der Waals surface area (Å²) in [6, 6.07) is 5.97. The number of rotatable bonds is 4. The summed E-state index contributed by atoms with van der Waals surface area (Å²) in [6.07, 6.45) is 0.934. The molecule has 0 radical (unpaired) electrons. The molecule has 4 heteroatoms. The van der Waals surface area contributed by atoms with Gasteiger partial charge in [0.2, 0.25) is 0 Å². The van der Waals surface area contributed by atoms with Gasteiger partial charge < -0.3 is 5.32 Å². The molecule has 13 heavy (non-hydrogen) atoms. The third-order valence-electron chi connectivity index (χ3n) is 1.64. The molecular formula is C9H11ClN2S. The molecule has 0 saturated heterocycles. The molecule has 0 spiro atoms. The highest BCUT2D eigenvalue weighted by atomic mass is 35.5. The highest BCUT2D eigenvalue weighted by Gasteiger charge is 1.99. The fourth-order valence-corrected chi connectivity index (χ4v) is 2.03. The van der Waals surface area contributed by atoms with E-state index < -0.39 is 0 Å². The molecular weight excluding hydrogens is 204 g/mol. The van der Waals surface area contributed by atoms with Gasteiger partial charge in [-0.1, -0.05) is 11.6 Å². The van der Waals surface area contributed by atoms with Gasteiger partial charge in [0, 0.05) is 11.4 Å². The summed E-state index contributed by atoms with van der Waals surface area (Å²) >= 11 is 7.36. The van der Waals surface area contributed by atoms with Crippen LogP contribution in [0.3, 0.4) is 0 Å². The molecule has 1 rings (SSSR count). The first-order valence-electron chi connectivity index (χ1n) is 4.09. The summed E-state index contributed by atoms with van der Waals surface area (Å²) in [5, 5.41) is 11.6. The van der Waals surface area contributed by atoms with Crippen molar-refractivity contribution in [3.05, 3.63) is 21.3 Å². The molecule has 0 amide bonds. The second kappa shape index (κ2) is 5.23. The minimum Gasteiger partial charge on any atom is -0.302 e. The lowest BCUT2D eigenvalue weighted by atomic mass is 10.3. The minimum atomic E-state index is -0.0737. The number of hydrogen-bond acceptors (Lipinski definition) is 3. The van der Waals surface area contributed by atoms with Gasteiger partial charge >= 0.3 is 0 Å². The largest absolute Gasteiger partial charge is 0.302 e. The first-order chi connectivity index (χ1) is 6.22. The van der Waals surface area contributed by atoms with Crippen molar-refractivity contribution in [1.82, 2.24) is 5.32 Å². The Bertz CT molecular complexity index is 303. The lowest BCUT2D eigenvalue weighted by Crippen LogP contribution is -2.26. The van der Waals surface area contributed by atoms with E-state index in [2.05, 4.69) is 11.4 Å². The maximum atomic E-state index is 8.51. The zero-order chi connectivity index (χ0) is 9.68. The number of thiophene rings is 1. The zero-order valence-corrected chi connectivity index (χ0v) is 8.95. The minimum absolute atomic E-state index is 0.0737. The molecule has 1 heterocycles. The molecule has 1 N–H and O–H groups in total. The second-order valence-corrected chi connectivity index (χ2v) is 4.56. The van der Waals surface area contributed by atoms with Gasteiger partial charge in [0.25, 0.3) is 0 Å². The Balaban J connectivity index is 2.25. The Morgan fingerprint density at radius 3 is 3.00 bits per heavy atom. The summed E-state index contributed by atoms with van der Waals surface area (Å²) in [4.78, 5) is 1.25. The maximum absolute atomic E-state index is 8.51. The van der Waals surface area contributed by atoms with E-state index in [1.54, 1.807) is 11.3 Å². The molecule has 1 unspecified atom stereocenters. The van der Waals surface area contributed by atoms with Crippen molar-refractivity contribution in [2.24, 2.45) is 0 Å². The molecule has 1 aromatic rings. The van der Waals surface area contributed by atoms with Gasteiger partial charge in [-0.2, -0.15) is 5.26 Å². The van der Waals surface area contributed by atoms with Crippen LogP contribution in [0.4, 0.5) is 0 Å². The first kappa shape index (κ1) is 10.5. The third-order valence-corrected chi connectivity index (χ3v) is 2.94. The third kappa shape index (κ3) is 3.77. The van der Waals surface area contributed by atoms with E-state index in [9.17, 15) is 0 Å². The Morgan fingerprint density at radius 2 is 2.46 bits per heavy atom. The summed E-state index contributed by atoms with van der Waals surface area (Å²) in [7, 11) is 0. The summed E-state index contributed by atoms with van der Waals surface area (Å²) in [5.74, 6) is 0. The van der Waals surface area contributed by atoms with E-state index in [1.807, 2.05) is 19.1 Å². The predicted octanol–water partition coefficient (Wildman–Crippen LogP) is 2.45. The summed E-state index contributed by atoms with van der Waals surface area (Å²) in [6.45, 7) is 2.67. The van der Waals surface area contributed by atoms with Crippen molar-refractivity contribution in [3.63, 3.8) is 0 Å². The van der Waals surface area contributed by atoms with E-state index in [0.717, 1.165) is 17.3 Å². The number of nitriles is 1. The van der Waals surface area contributed by atoms with Crippen molar-refractivity contribution in [2.45, 2.75) is 19.4 Å². The number of hydrogen-bond donors (Lipinski definition) is 1. The average molecular weight is 215 g/mol. The van der Waals surface area contributed by atoms with E-state index in [4.69, 9.17) is 16.9 Å². The summed E-state index contributed by atoms with van der Waals surface area (Å²) < 4.78 is 0.823. The Kier molecular flexibility index (Phi) is 4.23. The molecule has 2 nitrogen and oxygen atoms in total. The van der Waals surface area contributed by atoms with Crippen LogP contribution in [-0.2, 0) is 6.42 Å². The van der Waals surface area contributed by atoms with Crippen molar-refractivity contribution in [3.8, 4) is 6.07 Å². The summed E-state index contributed by atoms with van der Waals surface area (Å²) in [5.41, 5.74) is 0. The van der Waals surface area contributed by atoms with Crippen molar-refractivity contribution in [1.29, 1.82) is 5.26 Å². The molecule has 70 valence electrons. The van der Waals surface area contributed by atoms with Crippen LogP contribution in [0, 0.1) is 11.3 Å². The zero-order valence-electron chi connectivity index (χ0n) is 7.38.